The standard InChI is InChI=1S/C10H12Cl3NO/c11-4-7(15)5-14-6-8-9(12)2-1-3-10(8)13/h2,6-7,15H,1,3-5H2/t7-/m1/s1. The number of aliphatic hydroxyl groups excluding tert-OH is 1. The van der Waals surface area contributed by atoms with Crippen molar-refractivity contribution >= 4 is 41.0 Å². The second-order valence-corrected chi connectivity index (χ2v) is 4.38. The molecule has 5 heteroatoms. The molecule has 0 saturated heterocycles. The van der Waals surface area contributed by atoms with Gasteiger partial charge in [0.05, 0.1) is 18.5 Å². The van der Waals surface area contributed by atoms with Crippen LogP contribution in [0.25, 0.3) is 0 Å². The monoisotopic (exact) mass is 267 g/mol. The van der Waals surface area contributed by atoms with Crippen molar-refractivity contribution in [1.29, 1.82) is 0 Å². The lowest BCUT2D eigenvalue weighted by Crippen LogP contribution is -2.12. The van der Waals surface area contributed by atoms with Crippen molar-refractivity contribution in [3.63, 3.8) is 0 Å². The Morgan fingerprint density at radius 3 is 2.87 bits per heavy atom. The highest BCUT2D eigenvalue weighted by Gasteiger charge is 2.11. The van der Waals surface area contributed by atoms with E-state index in [0.29, 0.717) is 10.1 Å². The lowest BCUT2D eigenvalue weighted by atomic mass is 10.1. The molecule has 1 aliphatic rings. The van der Waals surface area contributed by atoms with Crippen molar-refractivity contribution in [3.8, 4) is 0 Å². The average Bonchev–Trinajstić information content (AvgIpc) is 2.22. The summed E-state index contributed by atoms with van der Waals surface area (Å²) in [4.78, 5) is 4.04. The molecule has 0 aromatic carbocycles. The summed E-state index contributed by atoms with van der Waals surface area (Å²) in [6.07, 6.45) is 4.54. The van der Waals surface area contributed by atoms with Gasteiger partial charge in [0.25, 0.3) is 0 Å². The Bertz CT molecular complexity index is 310. The van der Waals surface area contributed by atoms with Crippen LogP contribution in [0.15, 0.2) is 26.7 Å². The third-order valence-corrected chi connectivity index (χ3v) is 3.06. The van der Waals surface area contributed by atoms with Crippen LogP contribution in [0, 0.1) is 0 Å². The van der Waals surface area contributed by atoms with E-state index in [1.807, 2.05) is 6.08 Å². The van der Waals surface area contributed by atoms with Gasteiger partial charge < -0.3 is 5.11 Å². The van der Waals surface area contributed by atoms with Crippen molar-refractivity contribution < 1.29 is 5.11 Å². The van der Waals surface area contributed by atoms with E-state index in [1.165, 1.54) is 0 Å². The zero-order chi connectivity index (χ0) is 11.3. The number of halogens is 3. The van der Waals surface area contributed by atoms with Gasteiger partial charge in [0.1, 0.15) is 0 Å². The highest BCUT2D eigenvalue weighted by Crippen LogP contribution is 2.28. The number of hydrogen-bond acceptors (Lipinski definition) is 2. The number of allylic oxidation sites excluding steroid dienone is 4. The van der Waals surface area contributed by atoms with Gasteiger partial charge in [0.15, 0.2) is 0 Å². The smallest absolute Gasteiger partial charge is 0.0870 e. The molecule has 1 atom stereocenters. The second kappa shape index (κ2) is 6.54. The summed E-state index contributed by atoms with van der Waals surface area (Å²) in [5, 5.41) is 10.5. The molecule has 2 nitrogen and oxygen atoms in total. The number of aliphatic hydroxyl groups is 1. The lowest BCUT2D eigenvalue weighted by molar-refractivity contribution is 0.207. The number of rotatable bonds is 4. The molecule has 1 N–H and O–H groups in total. The fourth-order valence-electron chi connectivity index (χ4n) is 1.15. The molecule has 15 heavy (non-hydrogen) atoms. The third-order valence-electron chi connectivity index (χ3n) is 1.95. The summed E-state index contributed by atoms with van der Waals surface area (Å²) >= 11 is 17.4. The first kappa shape index (κ1) is 13.0. The predicted molar refractivity (Wildman–Crippen MR) is 66.1 cm³/mol. The van der Waals surface area contributed by atoms with Gasteiger partial charge in [0, 0.05) is 21.9 Å². The normalized spacial score (nSPS) is 19.6. The van der Waals surface area contributed by atoms with Crippen LogP contribution in [-0.2, 0) is 0 Å². The fourth-order valence-corrected chi connectivity index (χ4v) is 1.82. The van der Waals surface area contributed by atoms with Crippen LogP contribution < -0.4 is 0 Å². The van der Waals surface area contributed by atoms with Crippen LogP contribution in [-0.4, -0.2) is 29.8 Å². The van der Waals surface area contributed by atoms with Crippen LogP contribution in [0.1, 0.15) is 12.8 Å². The first-order valence-electron chi connectivity index (χ1n) is 4.63. The Morgan fingerprint density at radius 1 is 1.53 bits per heavy atom. The number of alkyl halides is 1. The minimum absolute atomic E-state index is 0.174. The Balaban J connectivity index is 2.60. The van der Waals surface area contributed by atoms with Crippen LogP contribution in [0.2, 0.25) is 0 Å². The molecule has 84 valence electrons. The molecule has 0 fully saturated rings. The largest absolute Gasteiger partial charge is 0.390 e. The van der Waals surface area contributed by atoms with Crippen molar-refractivity contribution in [1.82, 2.24) is 0 Å². The van der Waals surface area contributed by atoms with Gasteiger partial charge in [-0.3, -0.25) is 4.99 Å². The Hall–Kier alpha value is -0.0200. The predicted octanol–water partition coefficient (Wildman–Crippen LogP) is 3.07. The molecule has 1 aliphatic carbocycles. The van der Waals surface area contributed by atoms with E-state index in [-0.39, 0.29) is 12.4 Å². The summed E-state index contributed by atoms with van der Waals surface area (Å²) < 4.78 is 0. The van der Waals surface area contributed by atoms with Gasteiger partial charge in [-0.25, -0.2) is 0 Å². The second-order valence-electron chi connectivity index (χ2n) is 3.21. The Morgan fingerprint density at radius 2 is 2.27 bits per heavy atom. The molecule has 0 amide bonds. The third kappa shape index (κ3) is 4.15. The summed E-state index contributed by atoms with van der Waals surface area (Å²) in [6.45, 7) is 0.265. The first-order chi connectivity index (χ1) is 7.15. The van der Waals surface area contributed by atoms with Crippen molar-refractivity contribution in [2.75, 3.05) is 12.4 Å². The molecular formula is C10H12Cl3NO. The number of aliphatic imine (C=N–C) groups is 1. The van der Waals surface area contributed by atoms with E-state index in [4.69, 9.17) is 34.8 Å². The fraction of sp³-hybridized carbons (Fsp3) is 0.500. The van der Waals surface area contributed by atoms with Crippen LogP contribution in [0.5, 0.6) is 0 Å². The van der Waals surface area contributed by atoms with E-state index in [1.54, 1.807) is 6.21 Å². The molecule has 0 radical (unpaired) electrons. The van der Waals surface area contributed by atoms with E-state index in [0.717, 1.165) is 18.4 Å². The van der Waals surface area contributed by atoms with Gasteiger partial charge in [-0.1, -0.05) is 29.3 Å². The average molecular weight is 269 g/mol. The van der Waals surface area contributed by atoms with E-state index in [9.17, 15) is 5.11 Å². The minimum atomic E-state index is -0.617. The van der Waals surface area contributed by atoms with E-state index >= 15 is 0 Å². The summed E-state index contributed by atoms with van der Waals surface area (Å²) in [7, 11) is 0. The number of nitrogens with zero attached hydrogens (tertiary/aromatic N) is 1. The maximum atomic E-state index is 9.18. The van der Waals surface area contributed by atoms with Crippen LogP contribution in [0.4, 0.5) is 0 Å². The van der Waals surface area contributed by atoms with Crippen molar-refractivity contribution in [2.24, 2.45) is 4.99 Å². The molecule has 0 spiro atoms. The molecule has 0 aliphatic heterocycles. The maximum Gasteiger partial charge on any atom is 0.0870 e. The minimum Gasteiger partial charge on any atom is -0.390 e. The molecular weight excluding hydrogens is 256 g/mol. The molecule has 0 aromatic rings. The summed E-state index contributed by atoms with van der Waals surface area (Å²) in [6, 6.07) is 0. The Kier molecular flexibility index (Phi) is 5.69. The summed E-state index contributed by atoms with van der Waals surface area (Å²) in [5.74, 6) is 0.174. The zero-order valence-corrected chi connectivity index (χ0v) is 10.4. The van der Waals surface area contributed by atoms with Gasteiger partial charge in [0.2, 0.25) is 0 Å². The Labute approximate surface area is 104 Å². The van der Waals surface area contributed by atoms with Gasteiger partial charge in [-0.05, 0) is 12.8 Å². The van der Waals surface area contributed by atoms with Crippen molar-refractivity contribution in [3.05, 3.63) is 21.7 Å². The van der Waals surface area contributed by atoms with Gasteiger partial charge >= 0.3 is 0 Å². The van der Waals surface area contributed by atoms with Crippen molar-refractivity contribution in [2.45, 2.75) is 18.9 Å². The first-order valence-corrected chi connectivity index (χ1v) is 5.92. The SMILES string of the molecule is O[C@H](CCl)CN=CC1=C(Cl)CCC=C1Cl. The highest BCUT2D eigenvalue weighted by atomic mass is 35.5. The molecule has 1 rings (SSSR count). The van der Waals surface area contributed by atoms with Crippen LogP contribution in [0.3, 0.4) is 0 Å². The molecule has 0 saturated carbocycles. The zero-order valence-electron chi connectivity index (χ0n) is 8.09. The summed E-state index contributed by atoms with van der Waals surface area (Å²) in [5.41, 5.74) is 0.742. The maximum absolute atomic E-state index is 9.18. The van der Waals surface area contributed by atoms with Gasteiger partial charge in [-0.2, -0.15) is 0 Å². The molecule has 0 bridgehead atoms. The van der Waals surface area contributed by atoms with Gasteiger partial charge in [-0.15, -0.1) is 11.6 Å². The van der Waals surface area contributed by atoms with E-state index in [2.05, 4.69) is 4.99 Å². The molecule has 0 heterocycles. The number of hydrogen-bond donors (Lipinski definition) is 1. The topological polar surface area (TPSA) is 32.6 Å². The molecule has 0 aromatic heterocycles. The van der Waals surface area contributed by atoms with E-state index < -0.39 is 6.10 Å². The lowest BCUT2D eigenvalue weighted by Gasteiger charge is -2.10. The molecule has 0 unspecified atom stereocenters. The quantitative estimate of drug-likeness (QED) is 0.617. The van der Waals surface area contributed by atoms with Crippen LogP contribution >= 0.6 is 34.8 Å². The highest BCUT2D eigenvalue weighted by molar-refractivity contribution is 6.38.